The molecule has 0 spiro atoms. The lowest BCUT2D eigenvalue weighted by Gasteiger charge is -2.16. The SMILES string of the molecule is CN1CC(C(=O)Nc2ccccc2C2C[C@@H]2C2CC2)C(C(F)F)=N1. The zero-order valence-corrected chi connectivity index (χ0v) is 13.6. The van der Waals surface area contributed by atoms with Crippen molar-refractivity contribution in [1.82, 2.24) is 5.01 Å². The Labute approximate surface area is 139 Å². The Balaban J connectivity index is 1.49. The molecule has 24 heavy (non-hydrogen) atoms. The minimum atomic E-state index is -2.70. The van der Waals surface area contributed by atoms with E-state index in [1.807, 2.05) is 24.3 Å². The van der Waals surface area contributed by atoms with Gasteiger partial charge in [0.05, 0.1) is 6.54 Å². The van der Waals surface area contributed by atoms with Gasteiger partial charge in [-0.05, 0) is 48.6 Å². The summed E-state index contributed by atoms with van der Waals surface area (Å²) in [5.74, 6) is 0.804. The van der Waals surface area contributed by atoms with E-state index in [-0.39, 0.29) is 12.3 Å². The topological polar surface area (TPSA) is 44.7 Å². The molecule has 0 saturated heterocycles. The third kappa shape index (κ3) is 2.89. The number of halogens is 2. The summed E-state index contributed by atoms with van der Waals surface area (Å²) in [5, 5.41) is 8.07. The molecule has 0 aromatic heterocycles. The predicted molar refractivity (Wildman–Crippen MR) is 88.2 cm³/mol. The maximum absolute atomic E-state index is 13.1. The summed E-state index contributed by atoms with van der Waals surface area (Å²) in [6, 6.07) is 7.76. The molecule has 0 bridgehead atoms. The van der Waals surface area contributed by atoms with E-state index in [4.69, 9.17) is 0 Å². The molecule has 2 fully saturated rings. The fourth-order valence-corrected chi connectivity index (χ4v) is 3.85. The number of amides is 1. The second-order valence-corrected chi connectivity index (χ2v) is 7.14. The molecule has 1 amide bonds. The molecule has 1 heterocycles. The van der Waals surface area contributed by atoms with Gasteiger partial charge in [0.15, 0.2) is 0 Å². The maximum Gasteiger partial charge on any atom is 0.279 e. The molecule has 1 N–H and O–H groups in total. The number of hydrazone groups is 1. The van der Waals surface area contributed by atoms with Crippen LogP contribution in [0.3, 0.4) is 0 Å². The van der Waals surface area contributed by atoms with E-state index in [9.17, 15) is 13.6 Å². The summed E-state index contributed by atoms with van der Waals surface area (Å²) in [6.45, 7) is 0.196. The van der Waals surface area contributed by atoms with Crippen LogP contribution in [0.2, 0.25) is 0 Å². The monoisotopic (exact) mass is 333 g/mol. The van der Waals surface area contributed by atoms with Crippen molar-refractivity contribution in [2.24, 2.45) is 22.9 Å². The number of para-hydroxylation sites is 1. The van der Waals surface area contributed by atoms with E-state index in [1.54, 1.807) is 7.05 Å². The number of benzene rings is 1. The molecule has 6 heteroatoms. The molecule has 3 aliphatic rings. The van der Waals surface area contributed by atoms with Crippen molar-refractivity contribution >= 4 is 17.3 Å². The summed E-state index contributed by atoms with van der Waals surface area (Å²) in [5.41, 5.74) is 1.57. The smallest absolute Gasteiger partial charge is 0.279 e. The molecule has 2 saturated carbocycles. The van der Waals surface area contributed by atoms with Crippen molar-refractivity contribution in [3.63, 3.8) is 0 Å². The molecule has 1 aromatic rings. The second kappa shape index (κ2) is 5.83. The third-order valence-corrected chi connectivity index (χ3v) is 5.32. The molecular formula is C18H21F2N3O. The van der Waals surface area contributed by atoms with Gasteiger partial charge in [-0.1, -0.05) is 18.2 Å². The van der Waals surface area contributed by atoms with Crippen LogP contribution in [-0.4, -0.2) is 36.6 Å². The number of nitrogens with one attached hydrogen (secondary N) is 1. The number of hydrogen-bond acceptors (Lipinski definition) is 3. The molecular weight excluding hydrogens is 312 g/mol. The molecule has 0 radical (unpaired) electrons. The summed E-state index contributed by atoms with van der Waals surface area (Å²) in [4.78, 5) is 12.5. The molecule has 1 aromatic carbocycles. The summed E-state index contributed by atoms with van der Waals surface area (Å²) in [6.07, 6.45) is 1.10. The van der Waals surface area contributed by atoms with Crippen LogP contribution in [0.4, 0.5) is 14.5 Å². The summed E-state index contributed by atoms with van der Waals surface area (Å²) in [7, 11) is 1.61. The van der Waals surface area contributed by atoms with E-state index < -0.39 is 18.3 Å². The van der Waals surface area contributed by atoms with Crippen LogP contribution in [0.5, 0.6) is 0 Å². The van der Waals surface area contributed by atoms with E-state index in [0.29, 0.717) is 5.92 Å². The third-order valence-electron chi connectivity index (χ3n) is 5.32. The highest BCUT2D eigenvalue weighted by molar-refractivity contribution is 6.11. The van der Waals surface area contributed by atoms with Gasteiger partial charge in [-0.15, -0.1) is 0 Å². The maximum atomic E-state index is 13.1. The first-order chi connectivity index (χ1) is 11.5. The number of rotatable bonds is 5. The van der Waals surface area contributed by atoms with Gasteiger partial charge in [0.25, 0.3) is 6.43 Å². The molecule has 1 aliphatic heterocycles. The van der Waals surface area contributed by atoms with E-state index >= 15 is 0 Å². The van der Waals surface area contributed by atoms with Gasteiger partial charge in [0.2, 0.25) is 5.91 Å². The number of nitrogens with zero attached hydrogens (tertiary/aromatic N) is 2. The van der Waals surface area contributed by atoms with E-state index in [2.05, 4.69) is 10.4 Å². The first kappa shape index (κ1) is 15.5. The number of hydrogen-bond donors (Lipinski definition) is 1. The van der Waals surface area contributed by atoms with Gasteiger partial charge in [0, 0.05) is 12.7 Å². The summed E-state index contributed by atoms with van der Waals surface area (Å²) < 4.78 is 26.2. The Kier molecular flexibility index (Phi) is 3.77. The number of carbonyl (C=O) groups is 1. The molecule has 2 unspecified atom stereocenters. The highest BCUT2D eigenvalue weighted by Gasteiger charge is 2.48. The van der Waals surface area contributed by atoms with Crippen LogP contribution in [-0.2, 0) is 4.79 Å². The Morgan fingerprint density at radius 1 is 1.33 bits per heavy atom. The lowest BCUT2D eigenvalue weighted by atomic mass is 10.0. The lowest BCUT2D eigenvalue weighted by molar-refractivity contribution is -0.118. The van der Waals surface area contributed by atoms with Crippen LogP contribution in [0.1, 0.15) is 30.7 Å². The lowest BCUT2D eigenvalue weighted by Crippen LogP contribution is -2.34. The van der Waals surface area contributed by atoms with Crippen molar-refractivity contribution < 1.29 is 13.6 Å². The fourth-order valence-electron chi connectivity index (χ4n) is 3.85. The first-order valence-electron chi connectivity index (χ1n) is 8.52. The van der Waals surface area contributed by atoms with Crippen LogP contribution in [0, 0.1) is 17.8 Å². The Bertz CT molecular complexity index is 687. The van der Waals surface area contributed by atoms with Crippen molar-refractivity contribution in [2.75, 3.05) is 18.9 Å². The Morgan fingerprint density at radius 2 is 2.08 bits per heavy atom. The largest absolute Gasteiger partial charge is 0.325 e. The molecule has 4 nitrogen and oxygen atoms in total. The molecule has 2 aliphatic carbocycles. The minimum Gasteiger partial charge on any atom is -0.325 e. The summed E-state index contributed by atoms with van der Waals surface area (Å²) >= 11 is 0. The number of alkyl halides is 2. The average Bonchev–Trinajstić information content (AvgIpc) is 3.44. The van der Waals surface area contributed by atoms with Crippen LogP contribution < -0.4 is 5.32 Å². The van der Waals surface area contributed by atoms with Gasteiger partial charge >= 0.3 is 0 Å². The zero-order chi connectivity index (χ0) is 16.8. The Hall–Kier alpha value is -1.98. The Morgan fingerprint density at radius 3 is 2.79 bits per heavy atom. The molecule has 128 valence electrons. The van der Waals surface area contributed by atoms with E-state index in [1.165, 1.54) is 24.3 Å². The van der Waals surface area contributed by atoms with Crippen molar-refractivity contribution in [3.05, 3.63) is 29.8 Å². The van der Waals surface area contributed by atoms with Gasteiger partial charge < -0.3 is 5.32 Å². The quantitative estimate of drug-likeness (QED) is 0.898. The molecule has 3 atom stereocenters. The van der Waals surface area contributed by atoms with Gasteiger partial charge in [0.1, 0.15) is 11.6 Å². The standard InChI is InChI=1S/C18H21F2N3O/c1-23-9-14(16(22-23)17(19)20)18(24)21-15-5-3-2-4-11(15)13-8-12(13)10-6-7-10/h2-5,10,12-14,17H,6-9H2,1H3,(H,21,24)/t12-,13?,14?/m1/s1. The van der Waals surface area contributed by atoms with Gasteiger partial charge in [-0.25, -0.2) is 8.78 Å². The first-order valence-corrected chi connectivity index (χ1v) is 8.52. The van der Waals surface area contributed by atoms with Crippen molar-refractivity contribution in [1.29, 1.82) is 0 Å². The molecule has 4 rings (SSSR count). The zero-order valence-electron chi connectivity index (χ0n) is 13.6. The van der Waals surface area contributed by atoms with Crippen LogP contribution >= 0.6 is 0 Å². The average molecular weight is 333 g/mol. The minimum absolute atomic E-state index is 0.196. The normalized spacial score (nSPS) is 28.9. The van der Waals surface area contributed by atoms with Crippen LogP contribution in [0.25, 0.3) is 0 Å². The highest BCUT2D eigenvalue weighted by atomic mass is 19.3. The van der Waals surface area contributed by atoms with Crippen LogP contribution in [0.15, 0.2) is 29.4 Å². The van der Waals surface area contributed by atoms with Crippen molar-refractivity contribution in [2.45, 2.75) is 31.6 Å². The number of carbonyl (C=O) groups excluding carboxylic acids is 1. The number of anilines is 1. The predicted octanol–water partition coefficient (Wildman–Crippen LogP) is 3.32. The van der Waals surface area contributed by atoms with Crippen molar-refractivity contribution in [3.8, 4) is 0 Å². The second-order valence-electron chi connectivity index (χ2n) is 7.14. The van der Waals surface area contributed by atoms with E-state index in [0.717, 1.165) is 23.1 Å². The van der Waals surface area contributed by atoms with Gasteiger partial charge in [-0.3, -0.25) is 9.80 Å². The van der Waals surface area contributed by atoms with Gasteiger partial charge in [-0.2, -0.15) is 5.10 Å². The highest BCUT2D eigenvalue weighted by Crippen LogP contribution is 2.60. The fraction of sp³-hybridized carbons (Fsp3) is 0.556.